The van der Waals surface area contributed by atoms with Crippen LogP contribution in [0.2, 0.25) is 0 Å². The summed E-state index contributed by atoms with van der Waals surface area (Å²) < 4.78 is 18.5. The van der Waals surface area contributed by atoms with Crippen LogP contribution in [0, 0.1) is 5.82 Å². The lowest BCUT2D eigenvalue weighted by atomic mass is 10.1. The fourth-order valence-corrected chi connectivity index (χ4v) is 2.42. The van der Waals surface area contributed by atoms with Crippen LogP contribution < -0.4 is 10.6 Å². The zero-order chi connectivity index (χ0) is 19.2. The van der Waals surface area contributed by atoms with Gasteiger partial charge in [0.15, 0.2) is 0 Å². The Hall–Kier alpha value is -3.74. The Labute approximate surface area is 155 Å². The van der Waals surface area contributed by atoms with E-state index in [2.05, 4.69) is 15.6 Å². The first-order chi connectivity index (χ1) is 13.1. The van der Waals surface area contributed by atoms with Crippen molar-refractivity contribution < 1.29 is 18.7 Å². The molecule has 0 radical (unpaired) electrons. The molecule has 0 bridgehead atoms. The summed E-state index contributed by atoms with van der Waals surface area (Å²) in [7, 11) is 1.30. The summed E-state index contributed by atoms with van der Waals surface area (Å²) in [6.07, 6.45) is 1.44. The third-order valence-electron chi connectivity index (χ3n) is 3.74. The van der Waals surface area contributed by atoms with Crippen LogP contribution in [0.4, 0.5) is 21.6 Å². The zero-order valence-electron chi connectivity index (χ0n) is 14.4. The average Bonchev–Trinajstić information content (AvgIpc) is 2.70. The molecule has 0 aliphatic rings. The molecule has 0 fully saturated rings. The summed E-state index contributed by atoms with van der Waals surface area (Å²) in [4.78, 5) is 28.4. The van der Waals surface area contributed by atoms with E-state index in [1.54, 1.807) is 30.3 Å². The van der Waals surface area contributed by atoms with Gasteiger partial charge in [0.2, 0.25) is 0 Å². The number of carbonyl (C=O) groups excluding carboxylic acids is 2. The van der Waals surface area contributed by atoms with E-state index in [-0.39, 0.29) is 11.3 Å². The molecule has 6 nitrogen and oxygen atoms in total. The Kier molecular flexibility index (Phi) is 5.41. The number of benzene rings is 2. The molecule has 2 N–H and O–H groups in total. The molecule has 2 aromatic carbocycles. The van der Waals surface area contributed by atoms with Crippen LogP contribution in [-0.4, -0.2) is 24.0 Å². The molecular formula is C20H16FN3O3. The van der Waals surface area contributed by atoms with Gasteiger partial charge in [0.25, 0.3) is 5.91 Å². The Morgan fingerprint density at radius 1 is 1.00 bits per heavy atom. The normalized spacial score (nSPS) is 10.1. The zero-order valence-corrected chi connectivity index (χ0v) is 14.4. The summed E-state index contributed by atoms with van der Waals surface area (Å²) in [6.45, 7) is 0. The molecule has 136 valence electrons. The number of hydrogen-bond acceptors (Lipinski definition) is 5. The summed E-state index contributed by atoms with van der Waals surface area (Å²) >= 11 is 0. The maximum Gasteiger partial charge on any atom is 0.339 e. The minimum absolute atomic E-state index is 0.0878. The number of anilines is 3. The number of methoxy groups -OCH3 is 1. The monoisotopic (exact) mass is 365 g/mol. The number of halogens is 1. The van der Waals surface area contributed by atoms with Crippen LogP contribution in [0.5, 0.6) is 0 Å². The maximum atomic E-state index is 13.7. The number of nitrogens with zero attached hydrogens (tertiary/aromatic N) is 1. The molecule has 7 heteroatoms. The molecule has 27 heavy (non-hydrogen) atoms. The number of ether oxygens (including phenoxy) is 1. The summed E-state index contributed by atoms with van der Waals surface area (Å²) in [5, 5.41) is 5.50. The lowest BCUT2D eigenvalue weighted by molar-refractivity contribution is 0.0601. The molecule has 3 rings (SSSR count). The van der Waals surface area contributed by atoms with Crippen molar-refractivity contribution in [3.63, 3.8) is 0 Å². The second kappa shape index (κ2) is 8.09. The first-order valence-electron chi connectivity index (χ1n) is 8.05. The van der Waals surface area contributed by atoms with E-state index in [0.717, 1.165) is 0 Å². The standard InChI is InChI=1S/C20H16FN3O3/c1-27-20(26)14-6-2-4-8-16(14)23-18-12-13(10-11-22-18)19(25)24-17-9-5-3-7-15(17)21/h2-12H,1H3,(H,22,23)(H,24,25). The topological polar surface area (TPSA) is 80.3 Å². The van der Waals surface area contributed by atoms with Crippen molar-refractivity contribution in [1.82, 2.24) is 4.98 Å². The highest BCUT2D eigenvalue weighted by Crippen LogP contribution is 2.21. The molecule has 0 saturated heterocycles. The van der Waals surface area contributed by atoms with Crippen LogP contribution in [0.15, 0.2) is 66.9 Å². The van der Waals surface area contributed by atoms with Crippen molar-refractivity contribution >= 4 is 29.1 Å². The highest BCUT2D eigenvalue weighted by atomic mass is 19.1. The highest BCUT2D eigenvalue weighted by molar-refractivity contribution is 6.05. The molecule has 3 aromatic rings. The third-order valence-corrected chi connectivity index (χ3v) is 3.74. The molecule has 0 spiro atoms. The van der Waals surface area contributed by atoms with E-state index in [4.69, 9.17) is 4.74 Å². The molecule has 0 aliphatic carbocycles. The number of aromatic nitrogens is 1. The van der Waals surface area contributed by atoms with Crippen molar-refractivity contribution in [2.45, 2.75) is 0 Å². The number of esters is 1. The van der Waals surface area contributed by atoms with Gasteiger partial charge in [-0.3, -0.25) is 4.79 Å². The Morgan fingerprint density at radius 2 is 1.70 bits per heavy atom. The van der Waals surface area contributed by atoms with Crippen molar-refractivity contribution in [3.8, 4) is 0 Å². The predicted molar refractivity (Wildman–Crippen MR) is 99.7 cm³/mol. The minimum atomic E-state index is -0.523. The van der Waals surface area contributed by atoms with Crippen molar-refractivity contribution in [1.29, 1.82) is 0 Å². The lowest BCUT2D eigenvalue weighted by Gasteiger charge is -2.11. The van der Waals surface area contributed by atoms with E-state index in [1.807, 2.05) is 0 Å². The number of pyridine rings is 1. The van der Waals surface area contributed by atoms with Crippen molar-refractivity contribution in [2.24, 2.45) is 0 Å². The molecule has 0 atom stereocenters. The molecule has 0 saturated carbocycles. The number of rotatable bonds is 5. The van der Waals surface area contributed by atoms with Crippen LogP contribution in [0.3, 0.4) is 0 Å². The lowest BCUT2D eigenvalue weighted by Crippen LogP contribution is -2.13. The SMILES string of the molecule is COC(=O)c1ccccc1Nc1cc(C(=O)Nc2ccccc2F)ccn1. The van der Waals surface area contributed by atoms with E-state index < -0.39 is 17.7 Å². The van der Waals surface area contributed by atoms with E-state index in [1.165, 1.54) is 43.6 Å². The molecule has 1 heterocycles. The van der Waals surface area contributed by atoms with Gasteiger partial charge in [-0.05, 0) is 36.4 Å². The molecular weight excluding hydrogens is 349 g/mol. The molecule has 1 amide bonds. The first-order valence-corrected chi connectivity index (χ1v) is 8.05. The quantitative estimate of drug-likeness (QED) is 0.668. The van der Waals surface area contributed by atoms with E-state index in [0.29, 0.717) is 17.1 Å². The van der Waals surface area contributed by atoms with Crippen LogP contribution in [0.25, 0.3) is 0 Å². The van der Waals surface area contributed by atoms with Crippen LogP contribution in [0.1, 0.15) is 20.7 Å². The van der Waals surface area contributed by atoms with Gasteiger partial charge in [-0.2, -0.15) is 0 Å². The van der Waals surface area contributed by atoms with Gasteiger partial charge in [0.1, 0.15) is 11.6 Å². The van der Waals surface area contributed by atoms with Gasteiger partial charge in [0.05, 0.1) is 24.0 Å². The minimum Gasteiger partial charge on any atom is -0.465 e. The van der Waals surface area contributed by atoms with E-state index in [9.17, 15) is 14.0 Å². The second-order valence-corrected chi connectivity index (χ2v) is 5.53. The van der Waals surface area contributed by atoms with Gasteiger partial charge in [-0.25, -0.2) is 14.2 Å². The molecule has 1 aromatic heterocycles. The number of carbonyl (C=O) groups is 2. The smallest absolute Gasteiger partial charge is 0.339 e. The fourth-order valence-electron chi connectivity index (χ4n) is 2.42. The number of hydrogen-bond donors (Lipinski definition) is 2. The molecule has 0 aliphatic heterocycles. The Balaban J connectivity index is 1.81. The van der Waals surface area contributed by atoms with Gasteiger partial charge in [0, 0.05) is 11.8 Å². The van der Waals surface area contributed by atoms with Crippen LogP contribution in [-0.2, 0) is 4.74 Å². The molecule has 0 unspecified atom stereocenters. The number of para-hydroxylation sites is 2. The van der Waals surface area contributed by atoms with Gasteiger partial charge in [-0.15, -0.1) is 0 Å². The van der Waals surface area contributed by atoms with Crippen LogP contribution >= 0.6 is 0 Å². The second-order valence-electron chi connectivity index (χ2n) is 5.53. The Bertz CT molecular complexity index is 991. The Morgan fingerprint density at radius 3 is 2.44 bits per heavy atom. The summed E-state index contributed by atoms with van der Waals surface area (Å²) in [5.74, 6) is -1.14. The first kappa shape index (κ1) is 18.1. The fraction of sp³-hybridized carbons (Fsp3) is 0.0500. The van der Waals surface area contributed by atoms with Crippen molar-refractivity contribution in [2.75, 3.05) is 17.7 Å². The number of amides is 1. The maximum absolute atomic E-state index is 13.7. The number of nitrogens with one attached hydrogen (secondary N) is 2. The third kappa shape index (κ3) is 4.27. The van der Waals surface area contributed by atoms with Crippen molar-refractivity contribution in [3.05, 3.63) is 83.8 Å². The summed E-state index contributed by atoms with van der Waals surface area (Å²) in [6, 6.07) is 15.7. The van der Waals surface area contributed by atoms with E-state index >= 15 is 0 Å². The summed E-state index contributed by atoms with van der Waals surface area (Å²) in [5.41, 5.74) is 1.20. The highest BCUT2D eigenvalue weighted by Gasteiger charge is 2.13. The largest absolute Gasteiger partial charge is 0.465 e. The predicted octanol–water partition coefficient (Wildman–Crippen LogP) is 4.00. The van der Waals surface area contributed by atoms with Gasteiger partial charge >= 0.3 is 5.97 Å². The van der Waals surface area contributed by atoms with Gasteiger partial charge in [-0.1, -0.05) is 24.3 Å². The average molecular weight is 365 g/mol. The van der Waals surface area contributed by atoms with Gasteiger partial charge < -0.3 is 15.4 Å².